The van der Waals surface area contributed by atoms with Crippen LogP contribution in [0.1, 0.15) is 33.9 Å². The average Bonchev–Trinajstić information content (AvgIpc) is 3.13. The summed E-state index contributed by atoms with van der Waals surface area (Å²) in [5.74, 6) is -1.78. The fourth-order valence-corrected chi connectivity index (χ4v) is 4.58. The molecule has 4 rings (SSSR count). The zero-order valence-electron chi connectivity index (χ0n) is 20.5. The number of alkyl halides is 3. The normalized spacial score (nSPS) is 17.3. The molecule has 0 bridgehead atoms. The number of amides is 1. The van der Waals surface area contributed by atoms with Gasteiger partial charge in [-0.15, -0.1) is 0 Å². The van der Waals surface area contributed by atoms with Crippen LogP contribution in [0, 0.1) is 13.8 Å². The number of Topliss-reactive ketones (excluding diaryl/α,β-unsaturated/α-hetero) is 1. The van der Waals surface area contributed by atoms with Crippen LogP contribution < -0.4 is 14.4 Å². The molecule has 3 aromatic rings. The van der Waals surface area contributed by atoms with Gasteiger partial charge in [0.2, 0.25) is 0 Å². The number of hydrogen-bond acceptors (Lipinski definition) is 5. The van der Waals surface area contributed by atoms with E-state index in [4.69, 9.17) is 9.47 Å². The molecule has 0 spiro atoms. The summed E-state index contributed by atoms with van der Waals surface area (Å²) >= 11 is 0. The van der Waals surface area contributed by atoms with E-state index >= 15 is 0 Å². The molecule has 9 heteroatoms. The van der Waals surface area contributed by atoms with Crippen molar-refractivity contribution in [3.05, 3.63) is 94.1 Å². The van der Waals surface area contributed by atoms with Crippen molar-refractivity contribution < 1.29 is 37.3 Å². The van der Waals surface area contributed by atoms with Crippen LogP contribution in [-0.4, -0.2) is 31.0 Å². The van der Waals surface area contributed by atoms with E-state index in [0.717, 1.165) is 28.7 Å². The molecule has 1 heterocycles. The van der Waals surface area contributed by atoms with E-state index in [2.05, 4.69) is 0 Å². The molecule has 0 aliphatic carbocycles. The van der Waals surface area contributed by atoms with Crippen LogP contribution in [-0.2, 0) is 15.8 Å². The Kier molecular flexibility index (Phi) is 6.73. The molecule has 0 radical (unpaired) electrons. The first-order valence-corrected chi connectivity index (χ1v) is 11.3. The molecular weight excluding hydrogens is 487 g/mol. The third kappa shape index (κ3) is 4.64. The molecule has 1 aliphatic rings. The van der Waals surface area contributed by atoms with Gasteiger partial charge in [0, 0.05) is 5.69 Å². The van der Waals surface area contributed by atoms with Crippen LogP contribution in [0.5, 0.6) is 11.5 Å². The SMILES string of the molecule is COc1ccc(C2/C(=C(\O)c3cc(C)cc(C)c3OC)C(=O)C(=O)N2c2cccc(C(F)(F)F)c2)cc1. The summed E-state index contributed by atoms with van der Waals surface area (Å²) in [5, 5.41) is 11.4. The zero-order chi connectivity index (χ0) is 27.1. The van der Waals surface area contributed by atoms with Crippen molar-refractivity contribution in [3.8, 4) is 11.5 Å². The van der Waals surface area contributed by atoms with E-state index in [1.165, 1.54) is 20.3 Å². The van der Waals surface area contributed by atoms with Gasteiger partial charge in [0.25, 0.3) is 11.7 Å². The fraction of sp³-hybridized carbons (Fsp3) is 0.214. The van der Waals surface area contributed by atoms with Gasteiger partial charge in [0.05, 0.1) is 37.0 Å². The fourth-order valence-electron chi connectivity index (χ4n) is 4.58. The van der Waals surface area contributed by atoms with Gasteiger partial charge >= 0.3 is 6.18 Å². The Hall–Kier alpha value is -4.27. The van der Waals surface area contributed by atoms with Gasteiger partial charge in [0.15, 0.2) is 0 Å². The number of hydrogen-bond donors (Lipinski definition) is 1. The maximum absolute atomic E-state index is 13.5. The first-order valence-electron chi connectivity index (χ1n) is 11.3. The van der Waals surface area contributed by atoms with Crippen molar-refractivity contribution in [2.45, 2.75) is 26.1 Å². The minimum atomic E-state index is -4.66. The van der Waals surface area contributed by atoms with Gasteiger partial charge in [0.1, 0.15) is 17.3 Å². The van der Waals surface area contributed by atoms with E-state index < -0.39 is 35.2 Å². The number of anilines is 1. The lowest BCUT2D eigenvalue weighted by atomic mass is 9.93. The third-order valence-electron chi connectivity index (χ3n) is 6.21. The number of methoxy groups -OCH3 is 2. The predicted molar refractivity (Wildman–Crippen MR) is 132 cm³/mol. The molecule has 1 amide bonds. The molecule has 1 saturated heterocycles. The Morgan fingerprint density at radius 1 is 0.946 bits per heavy atom. The molecule has 192 valence electrons. The number of aryl methyl sites for hydroxylation is 2. The van der Waals surface area contributed by atoms with E-state index in [1.54, 1.807) is 44.2 Å². The smallest absolute Gasteiger partial charge is 0.416 e. The van der Waals surface area contributed by atoms with Crippen molar-refractivity contribution in [2.24, 2.45) is 0 Å². The van der Waals surface area contributed by atoms with Crippen molar-refractivity contribution >= 4 is 23.1 Å². The van der Waals surface area contributed by atoms with Gasteiger partial charge in [-0.1, -0.05) is 24.3 Å². The third-order valence-corrected chi connectivity index (χ3v) is 6.21. The molecule has 37 heavy (non-hydrogen) atoms. The van der Waals surface area contributed by atoms with Crippen LogP contribution >= 0.6 is 0 Å². The summed E-state index contributed by atoms with van der Waals surface area (Å²) in [5.41, 5.74) is 0.671. The van der Waals surface area contributed by atoms with Crippen molar-refractivity contribution in [1.29, 1.82) is 0 Å². The molecule has 0 saturated carbocycles. The Morgan fingerprint density at radius 2 is 1.62 bits per heavy atom. The largest absolute Gasteiger partial charge is 0.507 e. The predicted octanol–water partition coefficient (Wildman–Crippen LogP) is 5.97. The number of nitrogens with zero attached hydrogens (tertiary/aromatic N) is 1. The van der Waals surface area contributed by atoms with Gasteiger partial charge in [-0.25, -0.2) is 0 Å². The summed E-state index contributed by atoms with van der Waals surface area (Å²) in [4.78, 5) is 27.6. The summed E-state index contributed by atoms with van der Waals surface area (Å²) < 4.78 is 51.1. The summed E-state index contributed by atoms with van der Waals surface area (Å²) in [7, 11) is 2.88. The van der Waals surface area contributed by atoms with Crippen LogP contribution in [0.15, 0.2) is 66.2 Å². The number of aliphatic hydroxyl groups is 1. The quantitative estimate of drug-likeness (QED) is 0.260. The highest BCUT2D eigenvalue weighted by Gasteiger charge is 2.47. The number of ketones is 1. The van der Waals surface area contributed by atoms with Gasteiger partial charge < -0.3 is 14.6 Å². The average molecular weight is 511 g/mol. The van der Waals surface area contributed by atoms with E-state index in [1.807, 2.05) is 6.07 Å². The lowest BCUT2D eigenvalue weighted by molar-refractivity contribution is -0.137. The van der Waals surface area contributed by atoms with Crippen LogP contribution in [0.3, 0.4) is 0 Å². The molecule has 1 unspecified atom stereocenters. The number of rotatable bonds is 5. The van der Waals surface area contributed by atoms with Crippen molar-refractivity contribution in [2.75, 3.05) is 19.1 Å². The number of halogens is 3. The van der Waals surface area contributed by atoms with Gasteiger partial charge in [-0.2, -0.15) is 13.2 Å². The number of aliphatic hydroxyl groups excluding tert-OH is 1. The van der Waals surface area contributed by atoms with Crippen LogP contribution in [0.4, 0.5) is 18.9 Å². The second-order valence-electron chi connectivity index (χ2n) is 8.65. The Bertz CT molecular complexity index is 1410. The minimum Gasteiger partial charge on any atom is -0.507 e. The second-order valence-corrected chi connectivity index (χ2v) is 8.65. The van der Waals surface area contributed by atoms with E-state index in [9.17, 15) is 27.9 Å². The molecular formula is C28H24F3NO5. The molecule has 1 atom stereocenters. The standard InChI is InChI=1S/C28H24F3NO5/c1-15-12-16(2)26(37-4)21(13-15)24(33)22-23(17-8-10-20(36-3)11-9-17)32(27(35)25(22)34)19-7-5-6-18(14-19)28(29,30)31/h5-14,23,33H,1-4H3/b24-22+. The monoisotopic (exact) mass is 511 g/mol. The number of benzene rings is 3. The maximum atomic E-state index is 13.5. The molecule has 6 nitrogen and oxygen atoms in total. The summed E-state index contributed by atoms with van der Waals surface area (Å²) in [6.07, 6.45) is -4.66. The number of ether oxygens (including phenoxy) is 2. The molecule has 1 N–H and O–H groups in total. The Labute approximate surface area is 211 Å². The zero-order valence-corrected chi connectivity index (χ0v) is 20.5. The topological polar surface area (TPSA) is 76.1 Å². The van der Waals surface area contributed by atoms with Crippen LogP contribution in [0.2, 0.25) is 0 Å². The van der Waals surface area contributed by atoms with E-state index in [0.29, 0.717) is 22.6 Å². The number of carbonyl (C=O) groups excluding carboxylic acids is 2. The Morgan fingerprint density at radius 3 is 2.22 bits per heavy atom. The van der Waals surface area contributed by atoms with Crippen molar-refractivity contribution in [1.82, 2.24) is 0 Å². The number of carbonyl (C=O) groups is 2. The van der Waals surface area contributed by atoms with Gasteiger partial charge in [-0.3, -0.25) is 14.5 Å². The lowest BCUT2D eigenvalue weighted by Crippen LogP contribution is -2.29. The lowest BCUT2D eigenvalue weighted by Gasteiger charge is -2.26. The van der Waals surface area contributed by atoms with Crippen LogP contribution in [0.25, 0.3) is 5.76 Å². The molecule has 3 aromatic carbocycles. The second kappa shape index (κ2) is 9.65. The summed E-state index contributed by atoms with van der Waals surface area (Å²) in [6.45, 7) is 3.57. The molecule has 0 aromatic heterocycles. The first kappa shape index (κ1) is 25.8. The minimum absolute atomic E-state index is 0.135. The summed E-state index contributed by atoms with van der Waals surface area (Å²) in [6, 6.07) is 12.8. The molecule has 1 aliphatic heterocycles. The van der Waals surface area contributed by atoms with Crippen molar-refractivity contribution in [3.63, 3.8) is 0 Å². The highest BCUT2D eigenvalue weighted by Crippen LogP contribution is 2.45. The highest BCUT2D eigenvalue weighted by atomic mass is 19.4. The van der Waals surface area contributed by atoms with Gasteiger partial charge in [-0.05, 0) is 66.9 Å². The maximum Gasteiger partial charge on any atom is 0.416 e. The molecule has 1 fully saturated rings. The highest BCUT2D eigenvalue weighted by molar-refractivity contribution is 6.51. The Balaban J connectivity index is 2.00. The first-order chi connectivity index (χ1) is 17.5. The van der Waals surface area contributed by atoms with E-state index in [-0.39, 0.29) is 16.8 Å².